The Labute approximate surface area is 154 Å². The largest absolute Gasteiger partial charge is 0.377 e. The van der Waals surface area contributed by atoms with Crippen LogP contribution in [-0.2, 0) is 0 Å². The number of aryl methyl sites for hydroxylation is 1. The number of hydrogen-bond donors (Lipinski definition) is 0. The molecule has 0 bridgehead atoms. The zero-order valence-electron chi connectivity index (χ0n) is 14.8. The molecule has 0 aliphatic carbocycles. The maximum absolute atomic E-state index is 13.1. The highest BCUT2D eigenvalue weighted by Crippen LogP contribution is 2.36. The van der Waals surface area contributed by atoms with E-state index in [-0.39, 0.29) is 5.56 Å². The Kier molecular flexibility index (Phi) is 4.12. The lowest BCUT2D eigenvalue weighted by molar-refractivity contribution is 0.916. The van der Waals surface area contributed by atoms with Gasteiger partial charge in [-0.25, -0.2) is 20.0 Å². The van der Waals surface area contributed by atoms with Crippen LogP contribution < -0.4 is 10.5 Å². The minimum absolute atomic E-state index is 0.0840. The van der Waals surface area contributed by atoms with Crippen LogP contribution in [0.25, 0.3) is 26.1 Å². The van der Waals surface area contributed by atoms with Gasteiger partial charge >= 0.3 is 0 Å². The molecule has 1 aliphatic heterocycles. The van der Waals surface area contributed by atoms with E-state index in [1.54, 1.807) is 23.3 Å². The molecule has 0 saturated carbocycles. The molecular weight excluding hydrogens is 348 g/mol. The molecule has 4 rings (SSSR count). The second-order valence-corrected chi connectivity index (χ2v) is 7.31. The fourth-order valence-electron chi connectivity index (χ4n) is 3.02. The van der Waals surface area contributed by atoms with Crippen molar-refractivity contribution in [3.63, 3.8) is 0 Å². The van der Waals surface area contributed by atoms with Gasteiger partial charge in [0.1, 0.15) is 22.2 Å². The van der Waals surface area contributed by atoms with Gasteiger partial charge in [0.05, 0.1) is 16.6 Å². The molecule has 7 nitrogen and oxygen atoms in total. The van der Waals surface area contributed by atoms with Gasteiger partial charge in [0.2, 0.25) is 0 Å². The van der Waals surface area contributed by atoms with Gasteiger partial charge in [-0.2, -0.15) is 0 Å². The van der Waals surface area contributed by atoms with Gasteiger partial charge in [-0.15, -0.1) is 11.3 Å². The van der Waals surface area contributed by atoms with Crippen molar-refractivity contribution in [1.29, 1.82) is 0 Å². The first kappa shape index (κ1) is 16.6. The van der Waals surface area contributed by atoms with E-state index in [1.165, 1.54) is 17.7 Å². The number of nitrogens with zero attached hydrogens (tertiary/aromatic N) is 6. The van der Waals surface area contributed by atoms with Crippen molar-refractivity contribution in [2.24, 2.45) is 9.98 Å². The second-order valence-electron chi connectivity index (χ2n) is 6.31. The number of anilines is 1. The van der Waals surface area contributed by atoms with E-state index in [2.05, 4.69) is 20.0 Å². The summed E-state index contributed by atoms with van der Waals surface area (Å²) in [4.78, 5) is 33.4. The summed E-state index contributed by atoms with van der Waals surface area (Å²) < 4.78 is 2.19. The molecule has 0 spiro atoms. The Morgan fingerprint density at radius 1 is 1.27 bits per heavy atom. The normalized spacial score (nSPS) is 16.5. The van der Waals surface area contributed by atoms with E-state index in [1.807, 2.05) is 32.0 Å². The summed E-state index contributed by atoms with van der Waals surface area (Å²) in [5.74, 6) is 0. The fourth-order valence-corrected chi connectivity index (χ4v) is 4.15. The maximum Gasteiger partial charge on any atom is 0.275 e. The fraction of sp³-hybridized carbons (Fsp3) is 0.278. The first-order valence-electron chi connectivity index (χ1n) is 8.28. The Bertz CT molecular complexity index is 1150. The van der Waals surface area contributed by atoms with Crippen LogP contribution in [0.15, 0.2) is 33.4 Å². The number of allylic oxidation sites excluding steroid dienone is 1. The van der Waals surface area contributed by atoms with Gasteiger partial charge in [0.15, 0.2) is 0 Å². The highest BCUT2D eigenvalue weighted by Gasteiger charge is 2.18. The number of aliphatic imine (C=N–C) groups is 2. The number of fused-ring (bicyclic) bond motifs is 3. The van der Waals surface area contributed by atoms with Gasteiger partial charge in [-0.3, -0.25) is 9.36 Å². The van der Waals surface area contributed by atoms with Crippen LogP contribution in [0.2, 0.25) is 0 Å². The molecule has 0 unspecified atom stereocenters. The molecule has 1 aliphatic rings. The first-order valence-corrected chi connectivity index (χ1v) is 9.09. The van der Waals surface area contributed by atoms with Crippen molar-refractivity contribution in [3.05, 3.63) is 34.6 Å². The van der Waals surface area contributed by atoms with Gasteiger partial charge in [0.25, 0.3) is 5.56 Å². The third kappa shape index (κ3) is 2.72. The number of aromatic nitrogens is 3. The van der Waals surface area contributed by atoms with Crippen LogP contribution in [0.5, 0.6) is 0 Å². The first-order chi connectivity index (χ1) is 12.6. The van der Waals surface area contributed by atoms with Crippen molar-refractivity contribution < 1.29 is 0 Å². The monoisotopic (exact) mass is 366 g/mol. The predicted octanol–water partition coefficient (Wildman–Crippen LogP) is 3.07. The molecule has 8 heteroatoms. The van der Waals surface area contributed by atoms with Gasteiger partial charge < -0.3 is 4.90 Å². The minimum Gasteiger partial charge on any atom is -0.377 e. The Balaban J connectivity index is 1.98. The smallest absolute Gasteiger partial charge is 0.275 e. The highest BCUT2D eigenvalue weighted by molar-refractivity contribution is 7.25. The SMILES string of the molecule is Cc1cc(N(C)C)c2c(n1)sc1c(=O)n(/C3=C/N=CN=CCC3)cnc12. The topological polar surface area (TPSA) is 75.7 Å². The maximum atomic E-state index is 13.1. The molecular formula is C18H18N6OS. The lowest BCUT2D eigenvalue weighted by Crippen LogP contribution is -2.19. The standard InChI is InChI=1S/C18H18N6OS/c1-11-7-13(23(2)3)14-15-16(26-17(14)22-11)18(25)24(10-21-15)12-5-4-6-19-9-20-8-12/h6-10H,4-5H2,1-3H3/b12-8+,19-6?,20-9?. The quantitative estimate of drug-likeness (QED) is 0.698. The van der Waals surface area contributed by atoms with E-state index in [9.17, 15) is 4.79 Å². The van der Waals surface area contributed by atoms with Crippen molar-refractivity contribution in [1.82, 2.24) is 14.5 Å². The van der Waals surface area contributed by atoms with Crippen LogP contribution in [0.4, 0.5) is 5.69 Å². The number of hydrogen-bond acceptors (Lipinski definition) is 7. The Morgan fingerprint density at radius 3 is 2.92 bits per heavy atom. The summed E-state index contributed by atoms with van der Waals surface area (Å²) in [6, 6.07) is 2.02. The van der Waals surface area contributed by atoms with Crippen LogP contribution in [-0.4, -0.2) is 41.2 Å². The molecule has 0 radical (unpaired) electrons. The molecule has 0 aromatic carbocycles. The third-order valence-corrected chi connectivity index (χ3v) is 5.30. The van der Waals surface area contributed by atoms with Crippen LogP contribution in [0.1, 0.15) is 18.5 Å². The van der Waals surface area contributed by atoms with Gasteiger partial charge in [-0.1, -0.05) is 0 Å². The summed E-state index contributed by atoms with van der Waals surface area (Å²) in [6.45, 7) is 1.96. The zero-order valence-corrected chi connectivity index (χ0v) is 15.6. The van der Waals surface area contributed by atoms with E-state index in [0.29, 0.717) is 16.6 Å². The summed E-state index contributed by atoms with van der Waals surface area (Å²) >= 11 is 1.40. The van der Waals surface area contributed by atoms with Crippen molar-refractivity contribution >= 4 is 55.7 Å². The van der Waals surface area contributed by atoms with Crippen LogP contribution in [0, 0.1) is 6.92 Å². The van der Waals surface area contributed by atoms with Gasteiger partial charge in [0, 0.05) is 37.9 Å². The molecule has 0 fully saturated rings. The third-order valence-electron chi connectivity index (χ3n) is 4.24. The molecule has 0 N–H and O–H groups in total. The van der Waals surface area contributed by atoms with E-state index in [4.69, 9.17) is 0 Å². The summed E-state index contributed by atoms with van der Waals surface area (Å²) in [5, 5.41) is 0.932. The number of thiophene rings is 1. The van der Waals surface area contributed by atoms with E-state index >= 15 is 0 Å². The number of pyridine rings is 1. The summed E-state index contributed by atoms with van der Waals surface area (Å²) in [5.41, 5.74) is 3.37. The van der Waals surface area contributed by atoms with Crippen molar-refractivity contribution in [3.8, 4) is 0 Å². The molecule has 3 aromatic heterocycles. The molecule has 132 valence electrons. The number of rotatable bonds is 2. The minimum atomic E-state index is -0.0840. The second kappa shape index (κ2) is 6.45. The average Bonchev–Trinajstić information content (AvgIpc) is 2.94. The molecule has 26 heavy (non-hydrogen) atoms. The summed E-state index contributed by atoms with van der Waals surface area (Å²) in [6.07, 6.45) is 7.97. The molecule has 4 heterocycles. The molecule has 0 amide bonds. The molecule has 3 aromatic rings. The molecule has 0 atom stereocenters. The lowest BCUT2D eigenvalue weighted by Gasteiger charge is -2.14. The average molecular weight is 366 g/mol. The predicted molar refractivity (Wildman–Crippen MR) is 109 cm³/mol. The van der Waals surface area contributed by atoms with E-state index in [0.717, 1.165) is 33.7 Å². The summed E-state index contributed by atoms with van der Waals surface area (Å²) in [7, 11) is 3.97. The van der Waals surface area contributed by atoms with Crippen LogP contribution in [0.3, 0.4) is 0 Å². The molecule has 0 saturated heterocycles. The Morgan fingerprint density at radius 2 is 2.12 bits per heavy atom. The highest BCUT2D eigenvalue weighted by atomic mass is 32.1. The Hall–Kier alpha value is -2.87. The lowest BCUT2D eigenvalue weighted by atomic mass is 10.2. The van der Waals surface area contributed by atoms with Crippen molar-refractivity contribution in [2.45, 2.75) is 19.8 Å². The van der Waals surface area contributed by atoms with Crippen molar-refractivity contribution in [2.75, 3.05) is 19.0 Å². The van der Waals surface area contributed by atoms with Crippen LogP contribution >= 0.6 is 11.3 Å². The van der Waals surface area contributed by atoms with E-state index < -0.39 is 0 Å². The zero-order chi connectivity index (χ0) is 18.3. The van der Waals surface area contributed by atoms with Gasteiger partial charge in [-0.05, 0) is 25.8 Å².